The predicted molar refractivity (Wildman–Crippen MR) is 81.1 cm³/mol. The molecule has 0 bridgehead atoms. The summed E-state index contributed by atoms with van der Waals surface area (Å²) in [5, 5.41) is 9.51. The van der Waals surface area contributed by atoms with E-state index in [1.54, 1.807) is 18.2 Å². The van der Waals surface area contributed by atoms with E-state index in [1.165, 1.54) is 12.5 Å². The van der Waals surface area contributed by atoms with Crippen LogP contribution in [-0.4, -0.2) is 33.3 Å². The monoisotopic (exact) mass is 315 g/mol. The Morgan fingerprint density at radius 1 is 1.13 bits per heavy atom. The van der Waals surface area contributed by atoms with Gasteiger partial charge in [-0.3, -0.25) is 0 Å². The van der Waals surface area contributed by atoms with Crippen LogP contribution in [0.5, 0.6) is 17.4 Å². The SMILES string of the molecule is Cc1ncnc2ccc(Oc3ncc(OCCO)cc3F)cc12. The third-order valence-corrected chi connectivity index (χ3v) is 3.16. The van der Waals surface area contributed by atoms with E-state index in [2.05, 4.69) is 15.0 Å². The van der Waals surface area contributed by atoms with Crippen LogP contribution in [0.3, 0.4) is 0 Å². The molecule has 0 spiro atoms. The lowest BCUT2D eigenvalue weighted by Gasteiger charge is -2.09. The summed E-state index contributed by atoms with van der Waals surface area (Å²) in [5.41, 5.74) is 1.59. The zero-order valence-corrected chi connectivity index (χ0v) is 12.4. The molecule has 2 aromatic heterocycles. The highest BCUT2D eigenvalue weighted by Crippen LogP contribution is 2.27. The number of pyridine rings is 1. The van der Waals surface area contributed by atoms with Crippen molar-refractivity contribution in [3.63, 3.8) is 0 Å². The number of halogens is 1. The van der Waals surface area contributed by atoms with Crippen LogP contribution in [0.2, 0.25) is 0 Å². The number of aromatic nitrogens is 3. The quantitative estimate of drug-likeness (QED) is 0.780. The second-order valence-corrected chi connectivity index (χ2v) is 4.77. The smallest absolute Gasteiger partial charge is 0.256 e. The van der Waals surface area contributed by atoms with Crippen molar-refractivity contribution in [1.29, 1.82) is 0 Å². The molecular weight excluding hydrogens is 301 g/mol. The molecule has 7 heteroatoms. The first kappa shape index (κ1) is 15.1. The summed E-state index contributed by atoms with van der Waals surface area (Å²) in [4.78, 5) is 12.2. The summed E-state index contributed by atoms with van der Waals surface area (Å²) in [7, 11) is 0. The fourth-order valence-electron chi connectivity index (χ4n) is 2.07. The molecule has 0 radical (unpaired) electrons. The fraction of sp³-hybridized carbons (Fsp3) is 0.188. The molecule has 0 amide bonds. The molecule has 0 saturated carbocycles. The zero-order chi connectivity index (χ0) is 16.2. The molecule has 0 fully saturated rings. The van der Waals surface area contributed by atoms with Gasteiger partial charge in [-0.05, 0) is 25.1 Å². The van der Waals surface area contributed by atoms with Gasteiger partial charge in [0.2, 0.25) is 0 Å². The van der Waals surface area contributed by atoms with Gasteiger partial charge in [0.1, 0.15) is 24.4 Å². The minimum atomic E-state index is -0.651. The van der Waals surface area contributed by atoms with Crippen LogP contribution in [-0.2, 0) is 0 Å². The molecule has 23 heavy (non-hydrogen) atoms. The van der Waals surface area contributed by atoms with Gasteiger partial charge in [0, 0.05) is 17.1 Å². The number of aliphatic hydroxyl groups is 1. The van der Waals surface area contributed by atoms with Gasteiger partial charge >= 0.3 is 0 Å². The van der Waals surface area contributed by atoms with Crippen molar-refractivity contribution in [1.82, 2.24) is 15.0 Å². The third kappa shape index (κ3) is 3.35. The van der Waals surface area contributed by atoms with Gasteiger partial charge in [0.05, 0.1) is 18.3 Å². The standard InChI is InChI=1S/C16H14FN3O3/c1-10-13-6-11(2-3-15(13)20-9-19-10)23-16-14(17)7-12(8-18-16)22-5-4-21/h2-3,6-9,21H,4-5H2,1H3. The minimum absolute atomic E-state index is 0.0747. The second kappa shape index (κ2) is 6.53. The van der Waals surface area contributed by atoms with Gasteiger partial charge in [-0.15, -0.1) is 0 Å². The lowest BCUT2D eigenvalue weighted by Crippen LogP contribution is -2.02. The molecule has 118 valence electrons. The highest BCUT2D eigenvalue weighted by molar-refractivity contribution is 5.82. The first-order valence-corrected chi connectivity index (χ1v) is 6.96. The molecule has 6 nitrogen and oxygen atoms in total. The highest BCUT2D eigenvalue weighted by Gasteiger charge is 2.10. The first-order valence-electron chi connectivity index (χ1n) is 6.96. The number of benzene rings is 1. The van der Waals surface area contributed by atoms with Crippen LogP contribution in [0, 0.1) is 12.7 Å². The molecule has 0 saturated heterocycles. The molecule has 0 aliphatic carbocycles. The van der Waals surface area contributed by atoms with Crippen molar-refractivity contribution >= 4 is 10.9 Å². The number of aliphatic hydroxyl groups excluding tert-OH is 1. The van der Waals surface area contributed by atoms with E-state index in [9.17, 15) is 4.39 Å². The Morgan fingerprint density at radius 2 is 2.00 bits per heavy atom. The Bertz CT molecular complexity index is 842. The molecule has 3 aromatic rings. The maximum absolute atomic E-state index is 14.0. The molecular formula is C16H14FN3O3. The van der Waals surface area contributed by atoms with E-state index in [-0.39, 0.29) is 24.8 Å². The summed E-state index contributed by atoms with van der Waals surface area (Å²) >= 11 is 0. The molecule has 0 unspecified atom stereocenters. The van der Waals surface area contributed by atoms with Crippen LogP contribution < -0.4 is 9.47 Å². The molecule has 0 aliphatic rings. The van der Waals surface area contributed by atoms with Crippen molar-refractivity contribution in [3.05, 3.63) is 48.3 Å². The van der Waals surface area contributed by atoms with Crippen LogP contribution in [0.15, 0.2) is 36.8 Å². The Balaban J connectivity index is 1.85. The Labute approximate surface area is 131 Å². The number of fused-ring (bicyclic) bond motifs is 1. The third-order valence-electron chi connectivity index (χ3n) is 3.16. The van der Waals surface area contributed by atoms with Gasteiger partial charge in [0.15, 0.2) is 5.82 Å². The lowest BCUT2D eigenvalue weighted by molar-refractivity contribution is 0.200. The molecule has 3 rings (SSSR count). The van der Waals surface area contributed by atoms with Gasteiger partial charge in [-0.25, -0.2) is 19.3 Å². The molecule has 1 N–H and O–H groups in total. The Kier molecular flexibility index (Phi) is 4.29. The highest BCUT2D eigenvalue weighted by atomic mass is 19.1. The van der Waals surface area contributed by atoms with Crippen molar-refractivity contribution < 1.29 is 19.0 Å². The minimum Gasteiger partial charge on any atom is -0.489 e. The largest absolute Gasteiger partial charge is 0.489 e. The lowest BCUT2D eigenvalue weighted by atomic mass is 10.2. The zero-order valence-electron chi connectivity index (χ0n) is 12.4. The van der Waals surface area contributed by atoms with E-state index in [0.29, 0.717) is 5.75 Å². The molecule has 0 atom stereocenters. The summed E-state index contributed by atoms with van der Waals surface area (Å²) in [5.74, 6) is -0.144. The van der Waals surface area contributed by atoms with Crippen molar-refractivity contribution in [2.75, 3.05) is 13.2 Å². The summed E-state index contributed by atoms with van der Waals surface area (Å²) < 4.78 is 24.6. The topological polar surface area (TPSA) is 77.4 Å². The predicted octanol–water partition coefficient (Wildman–Crippen LogP) is 2.64. The van der Waals surface area contributed by atoms with E-state index >= 15 is 0 Å². The van der Waals surface area contributed by atoms with Gasteiger partial charge in [0.25, 0.3) is 5.88 Å². The maximum Gasteiger partial charge on any atom is 0.256 e. The number of hydrogen-bond acceptors (Lipinski definition) is 6. The summed E-state index contributed by atoms with van der Waals surface area (Å²) in [6.07, 6.45) is 2.83. The van der Waals surface area contributed by atoms with Crippen LogP contribution in [0.25, 0.3) is 10.9 Å². The molecule has 2 heterocycles. The second-order valence-electron chi connectivity index (χ2n) is 4.77. The summed E-state index contributed by atoms with van der Waals surface area (Å²) in [6.45, 7) is 1.78. The van der Waals surface area contributed by atoms with Crippen molar-refractivity contribution in [3.8, 4) is 17.4 Å². The van der Waals surface area contributed by atoms with Gasteiger partial charge < -0.3 is 14.6 Å². The van der Waals surface area contributed by atoms with E-state index in [0.717, 1.165) is 22.7 Å². The number of rotatable bonds is 5. The van der Waals surface area contributed by atoms with E-state index in [4.69, 9.17) is 14.6 Å². The molecule has 0 aliphatic heterocycles. The van der Waals surface area contributed by atoms with Crippen molar-refractivity contribution in [2.24, 2.45) is 0 Å². The van der Waals surface area contributed by atoms with Crippen LogP contribution >= 0.6 is 0 Å². The average Bonchev–Trinajstić information content (AvgIpc) is 2.56. The number of nitrogens with zero attached hydrogens (tertiary/aromatic N) is 3. The number of hydrogen-bond donors (Lipinski definition) is 1. The Morgan fingerprint density at radius 3 is 2.78 bits per heavy atom. The number of aryl methyl sites for hydroxylation is 1. The van der Waals surface area contributed by atoms with Gasteiger partial charge in [-0.2, -0.15) is 0 Å². The van der Waals surface area contributed by atoms with Gasteiger partial charge in [-0.1, -0.05) is 0 Å². The normalized spacial score (nSPS) is 10.7. The van der Waals surface area contributed by atoms with Crippen molar-refractivity contribution in [2.45, 2.75) is 6.92 Å². The van der Waals surface area contributed by atoms with E-state index < -0.39 is 5.82 Å². The fourth-order valence-corrected chi connectivity index (χ4v) is 2.07. The number of ether oxygens (including phenoxy) is 2. The maximum atomic E-state index is 14.0. The summed E-state index contributed by atoms with van der Waals surface area (Å²) in [6, 6.07) is 6.36. The van der Waals surface area contributed by atoms with E-state index in [1.807, 2.05) is 6.92 Å². The Hall–Kier alpha value is -2.80. The van der Waals surface area contributed by atoms with Crippen LogP contribution in [0.4, 0.5) is 4.39 Å². The van der Waals surface area contributed by atoms with Crippen LogP contribution in [0.1, 0.15) is 5.69 Å². The average molecular weight is 315 g/mol. The first-order chi connectivity index (χ1) is 11.2. The molecule has 1 aromatic carbocycles.